The maximum absolute atomic E-state index is 11.3. The van der Waals surface area contributed by atoms with Crippen LogP contribution in [0.25, 0.3) is 0 Å². The van der Waals surface area contributed by atoms with Gasteiger partial charge in [-0.25, -0.2) is 8.42 Å². The van der Waals surface area contributed by atoms with Gasteiger partial charge in [0.05, 0.1) is 17.6 Å². The Labute approximate surface area is 96.7 Å². The lowest BCUT2D eigenvalue weighted by molar-refractivity contribution is 0.144. The van der Waals surface area contributed by atoms with Gasteiger partial charge < -0.3 is 15.3 Å². The molecule has 0 aromatic rings. The largest absolute Gasteiger partial charge is 0.390 e. The fourth-order valence-electron chi connectivity index (χ4n) is 2.47. The highest BCUT2D eigenvalue weighted by atomic mass is 32.2. The summed E-state index contributed by atoms with van der Waals surface area (Å²) in [6.45, 7) is 2.07. The summed E-state index contributed by atoms with van der Waals surface area (Å²) in [6, 6.07) is 0.0857. The van der Waals surface area contributed by atoms with Crippen molar-refractivity contribution in [2.75, 3.05) is 31.6 Å². The van der Waals surface area contributed by atoms with E-state index in [2.05, 4.69) is 17.3 Å². The van der Waals surface area contributed by atoms with Gasteiger partial charge in [-0.2, -0.15) is 0 Å². The van der Waals surface area contributed by atoms with Crippen molar-refractivity contribution >= 4 is 9.84 Å². The van der Waals surface area contributed by atoms with Crippen molar-refractivity contribution in [2.24, 2.45) is 0 Å². The molecule has 6 heteroatoms. The first-order valence-corrected chi connectivity index (χ1v) is 7.61. The Balaban J connectivity index is 1.86. The van der Waals surface area contributed by atoms with Gasteiger partial charge in [0.15, 0.2) is 9.84 Å². The molecule has 2 rings (SSSR count). The molecule has 2 atom stereocenters. The van der Waals surface area contributed by atoms with Crippen molar-refractivity contribution in [3.05, 3.63) is 0 Å². The smallest absolute Gasteiger partial charge is 0.154 e. The molecule has 0 aliphatic carbocycles. The van der Waals surface area contributed by atoms with Gasteiger partial charge in [-0.3, -0.25) is 0 Å². The molecule has 2 heterocycles. The molecule has 0 aromatic carbocycles. The second-order valence-electron chi connectivity index (χ2n) is 4.99. The molecule has 2 aliphatic heterocycles. The highest BCUT2D eigenvalue weighted by molar-refractivity contribution is 7.91. The number of rotatable bonds is 2. The van der Waals surface area contributed by atoms with E-state index in [1.165, 1.54) is 0 Å². The average Bonchev–Trinajstić information content (AvgIpc) is 2.44. The molecule has 16 heavy (non-hydrogen) atoms. The van der Waals surface area contributed by atoms with Crippen molar-refractivity contribution in [3.63, 3.8) is 0 Å². The van der Waals surface area contributed by atoms with Crippen molar-refractivity contribution in [1.82, 2.24) is 10.2 Å². The Kier molecular flexibility index (Phi) is 3.53. The standard InChI is InChI=1S/C10H20N2O3S/c1-12-4-2-8(3-5-12)11-9-6-16(14,15)7-10(9)13/h8-11,13H,2-7H2,1H3/t9-,10-/m1/s1. The molecule has 0 aromatic heterocycles. The predicted molar refractivity (Wildman–Crippen MR) is 62.1 cm³/mol. The number of hydrogen-bond acceptors (Lipinski definition) is 5. The molecular weight excluding hydrogens is 228 g/mol. The molecular formula is C10H20N2O3S. The van der Waals surface area contributed by atoms with Crippen molar-refractivity contribution in [1.29, 1.82) is 0 Å². The second kappa shape index (κ2) is 4.60. The van der Waals surface area contributed by atoms with E-state index in [4.69, 9.17) is 0 Å². The molecule has 2 aliphatic rings. The summed E-state index contributed by atoms with van der Waals surface area (Å²) in [7, 11) is -0.941. The SMILES string of the molecule is CN1CCC(N[C@@H]2CS(=O)(=O)C[C@H]2O)CC1. The van der Waals surface area contributed by atoms with Gasteiger partial charge in [0.1, 0.15) is 0 Å². The monoisotopic (exact) mass is 248 g/mol. The molecule has 2 fully saturated rings. The van der Waals surface area contributed by atoms with E-state index in [-0.39, 0.29) is 17.5 Å². The van der Waals surface area contributed by atoms with Crippen LogP contribution in [0.2, 0.25) is 0 Å². The van der Waals surface area contributed by atoms with Crippen molar-refractivity contribution < 1.29 is 13.5 Å². The van der Waals surface area contributed by atoms with E-state index >= 15 is 0 Å². The van der Waals surface area contributed by atoms with Crippen LogP contribution >= 0.6 is 0 Å². The molecule has 0 spiro atoms. The number of sulfone groups is 1. The summed E-state index contributed by atoms with van der Waals surface area (Å²) < 4.78 is 22.7. The molecule has 0 bridgehead atoms. The van der Waals surface area contributed by atoms with Gasteiger partial charge in [0.25, 0.3) is 0 Å². The maximum atomic E-state index is 11.3. The summed E-state index contributed by atoms with van der Waals surface area (Å²) in [5.74, 6) is -0.00219. The van der Waals surface area contributed by atoms with Crippen LogP contribution in [0.1, 0.15) is 12.8 Å². The van der Waals surface area contributed by atoms with Gasteiger partial charge >= 0.3 is 0 Å². The predicted octanol–water partition coefficient (Wildman–Crippen LogP) is -1.17. The molecule has 2 N–H and O–H groups in total. The summed E-state index contributed by atoms with van der Waals surface area (Å²) in [6.07, 6.45) is 1.32. The minimum atomic E-state index is -3.03. The average molecular weight is 248 g/mol. The molecule has 0 radical (unpaired) electrons. The van der Waals surface area contributed by atoms with Crippen LogP contribution in [0.15, 0.2) is 0 Å². The lowest BCUT2D eigenvalue weighted by atomic mass is 10.0. The Bertz CT molecular complexity index is 336. The molecule has 0 unspecified atom stereocenters. The van der Waals surface area contributed by atoms with Gasteiger partial charge in [-0.15, -0.1) is 0 Å². The van der Waals surface area contributed by atoms with E-state index in [0.717, 1.165) is 25.9 Å². The van der Waals surface area contributed by atoms with Crippen molar-refractivity contribution in [2.45, 2.75) is 31.0 Å². The Morgan fingerprint density at radius 1 is 1.25 bits per heavy atom. The van der Waals surface area contributed by atoms with Crippen LogP contribution in [-0.4, -0.2) is 68.3 Å². The first-order valence-electron chi connectivity index (χ1n) is 5.79. The Hall–Kier alpha value is -0.170. The summed E-state index contributed by atoms with van der Waals surface area (Å²) >= 11 is 0. The fourth-order valence-corrected chi connectivity index (χ4v) is 4.22. The molecule has 94 valence electrons. The number of aliphatic hydroxyl groups excluding tert-OH is 1. The van der Waals surface area contributed by atoms with E-state index in [0.29, 0.717) is 6.04 Å². The van der Waals surface area contributed by atoms with E-state index < -0.39 is 15.9 Å². The first kappa shape index (κ1) is 12.3. The summed E-state index contributed by atoms with van der Waals surface area (Å²) in [5.41, 5.74) is 0. The third kappa shape index (κ3) is 2.94. The number of nitrogens with zero attached hydrogens (tertiary/aromatic N) is 1. The van der Waals surface area contributed by atoms with Crippen LogP contribution in [-0.2, 0) is 9.84 Å². The van der Waals surface area contributed by atoms with Crippen LogP contribution in [0.4, 0.5) is 0 Å². The minimum absolute atomic E-state index is 0.0838. The fraction of sp³-hybridized carbons (Fsp3) is 1.00. The highest BCUT2D eigenvalue weighted by Crippen LogP contribution is 2.16. The van der Waals surface area contributed by atoms with Crippen LogP contribution in [0, 0.1) is 0 Å². The molecule has 5 nitrogen and oxygen atoms in total. The number of hydrogen-bond donors (Lipinski definition) is 2. The third-order valence-electron chi connectivity index (χ3n) is 3.49. The Morgan fingerprint density at radius 3 is 2.38 bits per heavy atom. The van der Waals surface area contributed by atoms with E-state index in [9.17, 15) is 13.5 Å². The number of piperidine rings is 1. The second-order valence-corrected chi connectivity index (χ2v) is 7.15. The zero-order chi connectivity index (χ0) is 11.8. The van der Waals surface area contributed by atoms with E-state index in [1.807, 2.05) is 0 Å². The van der Waals surface area contributed by atoms with Crippen LogP contribution in [0.3, 0.4) is 0 Å². The van der Waals surface area contributed by atoms with Crippen LogP contribution < -0.4 is 5.32 Å². The highest BCUT2D eigenvalue weighted by Gasteiger charge is 2.37. The third-order valence-corrected chi connectivity index (χ3v) is 5.21. The first-order chi connectivity index (χ1) is 7.46. The summed E-state index contributed by atoms with van der Waals surface area (Å²) in [4.78, 5) is 2.26. The van der Waals surface area contributed by atoms with Crippen molar-refractivity contribution in [3.8, 4) is 0 Å². The number of likely N-dealkylation sites (tertiary alicyclic amines) is 1. The molecule has 0 amide bonds. The minimum Gasteiger partial charge on any atom is -0.390 e. The number of aliphatic hydroxyl groups is 1. The Morgan fingerprint density at radius 2 is 1.88 bits per heavy atom. The number of nitrogens with one attached hydrogen (secondary N) is 1. The summed E-state index contributed by atoms with van der Waals surface area (Å²) in [5, 5.41) is 12.9. The van der Waals surface area contributed by atoms with Gasteiger partial charge in [-0.05, 0) is 33.0 Å². The molecule has 2 saturated heterocycles. The van der Waals surface area contributed by atoms with Crippen LogP contribution in [0.5, 0.6) is 0 Å². The molecule has 0 saturated carbocycles. The van der Waals surface area contributed by atoms with Gasteiger partial charge in [0.2, 0.25) is 0 Å². The normalized spacial score (nSPS) is 36.6. The lowest BCUT2D eigenvalue weighted by Gasteiger charge is -2.32. The van der Waals surface area contributed by atoms with Gasteiger partial charge in [0, 0.05) is 12.1 Å². The van der Waals surface area contributed by atoms with Gasteiger partial charge in [-0.1, -0.05) is 0 Å². The quantitative estimate of drug-likeness (QED) is 0.644. The maximum Gasteiger partial charge on any atom is 0.154 e. The van der Waals surface area contributed by atoms with E-state index in [1.54, 1.807) is 0 Å². The lowest BCUT2D eigenvalue weighted by Crippen LogP contribution is -2.49. The zero-order valence-electron chi connectivity index (χ0n) is 9.59. The zero-order valence-corrected chi connectivity index (χ0v) is 10.4. The topological polar surface area (TPSA) is 69.6 Å².